The number of hydrogen-bond acceptors (Lipinski definition) is 3. The summed E-state index contributed by atoms with van der Waals surface area (Å²) in [6.07, 6.45) is 5.04. The van der Waals surface area contributed by atoms with Crippen LogP contribution in [0.25, 0.3) is 0 Å². The number of H-pyrrole nitrogens is 1. The van der Waals surface area contributed by atoms with E-state index in [1.54, 1.807) is 12.4 Å². The Balaban J connectivity index is 1.88. The number of carbonyl (C=O) groups is 1. The lowest BCUT2D eigenvalue weighted by Crippen LogP contribution is -2.24. The molecule has 21 heavy (non-hydrogen) atoms. The first kappa shape index (κ1) is 15.7. The Hall–Kier alpha value is -1.72. The minimum absolute atomic E-state index is 0.221. The second-order valence-electron chi connectivity index (χ2n) is 4.37. The van der Waals surface area contributed by atoms with Crippen LogP contribution in [0.1, 0.15) is 22.6 Å². The topological polar surface area (TPSA) is 67.0 Å². The van der Waals surface area contributed by atoms with Gasteiger partial charge in [-0.25, -0.2) is 4.98 Å². The number of aromatic amines is 1. The van der Waals surface area contributed by atoms with Crippen LogP contribution in [-0.4, -0.2) is 29.5 Å². The van der Waals surface area contributed by atoms with Gasteiger partial charge in [0.2, 0.25) is 0 Å². The van der Waals surface area contributed by atoms with Crippen molar-refractivity contribution >= 4 is 29.1 Å². The summed E-state index contributed by atoms with van der Waals surface area (Å²) in [5.41, 5.74) is 0.406. The highest BCUT2D eigenvalue weighted by molar-refractivity contribution is 6.37. The molecule has 0 unspecified atom stereocenters. The molecule has 2 aromatic rings. The lowest BCUT2D eigenvalue weighted by molar-refractivity contribution is 0.0953. The highest BCUT2D eigenvalue weighted by atomic mass is 35.5. The molecule has 0 radical (unpaired) electrons. The summed E-state index contributed by atoms with van der Waals surface area (Å²) in [5.74, 6) is 1.05. The van der Waals surface area contributed by atoms with E-state index in [2.05, 4.69) is 15.3 Å². The van der Waals surface area contributed by atoms with Crippen molar-refractivity contribution in [2.24, 2.45) is 0 Å². The molecular weight excluding hydrogens is 313 g/mol. The molecule has 1 aromatic heterocycles. The average Bonchev–Trinajstić information content (AvgIpc) is 2.96. The van der Waals surface area contributed by atoms with Crippen molar-refractivity contribution < 1.29 is 9.53 Å². The van der Waals surface area contributed by atoms with Gasteiger partial charge in [-0.15, -0.1) is 0 Å². The molecule has 1 aromatic carbocycles. The van der Waals surface area contributed by atoms with Crippen molar-refractivity contribution in [3.63, 3.8) is 0 Å². The van der Waals surface area contributed by atoms with Gasteiger partial charge >= 0.3 is 0 Å². The van der Waals surface area contributed by atoms with Gasteiger partial charge in [-0.05, 0) is 18.6 Å². The predicted octanol–water partition coefficient (Wildman–Crippen LogP) is 3.09. The fourth-order valence-electron chi connectivity index (χ4n) is 1.88. The zero-order valence-electron chi connectivity index (χ0n) is 11.5. The molecular formula is C14H15Cl2N3O2. The standard InChI is InChI=1S/C14H15Cl2N3O2/c1-21-13-10(15)7-9(8-11(13)16)14(20)19-4-2-3-12-17-5-6-18-12/h5-8H,2-4H2,1H3,(H,17,18)(H,19,20). The van der Waals surface area contributed by atoms with Crippen molar-refractivity contribution in [3.8, 4) is 5.75 Å². The van der Waals surface area contributed by atoms with Gasteiger partial charge in [0.15, 0.2) is 5.75 Å². The third-order valence-corrected chi connectivity index (χ3v) is 3.46. The number of nitrogens with one attached hydrogen (secondary N) is 2. The summed E-state index contributed by atoms with van der Waals surface area (Å²) >= 11 is 12.0. The second kappa shape index (κ2) is 7.33. The molecule has 0 saturated carbocycles. The van der Waals surface area contributed by atoms with E-state index in [1.807, 2.05) is 0 Å². The minimum atomic E-state index is -0.221. The zero-order valence-corrected chi connectivity index (χ0v) is 13.0. The maximum absolute atomic E-state index is 12.0. The van der Waals surface area contributed by atoms with E-state index in [0.717, 1.165) is 18.7 Å². The Labute approximate surface area is 132 Å². The number of halogens is 2. The number of carbonyl (C=O) groups excluding carboxylic acids is 1. The van der Waals surface area contributed by atoms with E-state index in [4.69, 9.17) is 27.9 Å². The summed E-state index contributed by atoms with van der Waals surface area (Å²) in [6.45, 7) is 0.542. The fourth-order valence-corrected chi connectivity index (χ4v) is 2.52. The van der Waals surface area contributed by atoms with E-state index in [1.165, 1.54) is 19.2 Å². The number of rotatable bonds is 6. The fraction of sp³-hybridized carbons (Fsp3) is 0.286. The van der Waals surface area contributed by atoms with Gasteiger partial charge in [0, 0.05) is 30.9 Å². The van der Waals surface area contributed by atoms with E-state index in [-0.39, 0.29) is 5.91 Å². The summed E-state index contributed by atoms with van der Waals surface area (Å²) in [6, 6.07) is 3.07. The SMILES string of the molecule is COc1c(Cl)cc(C(=O)NCCCc2ncc[nH]2)cc1Cl. The van der Waals surface area contributed by atoms with Crippen molar-refractivity contribution in [1.82, 2.24) is 15.3 Å². The van der Waals surface area contributed by atoms with E-state index in [0.29, 0.717) is 27.9 Å². The molecule has 0 aliphatic rings. The van der Waals surface area contributed by atoms with Gasteiger partial charge in [0.25, 0.3) is 5.91 Å². The summed E-state index contributed by atoms with van der Waals surface area (Å²) in [7, 11) is 1.47. The molecule has 0 spiro atoms. The van der Waals surface area contributed by atoms with Crippen LogP contribution in [0.5, 0.6) is 5.75 Å². The lowest BCUT2D eigenvalue weighted by atomic mass is 10.2. The number of ether oxygens (including phenoxy) is 1. The molecule has 1 heterocycles. The summed E-state index contributed by atoms with van der Waals surface area (Å²) in [5, 5.41) is 3.44. The van der Waals surface area contributed by atoms with Crippen LogP contribution >= 0.6 is 23.2 Å². The van der Waals surface area contributed by atoms with Crippen LogP contribution in [0, 0.1) is 0 Å². The van der Waals surface area contributed by atoms with Crippen LogP contribution in [0.4, 0.5) is 0 Å². The maximum atomic E-state index is 12.0. The largest absolute Gasteiger partial charge is 0.494 e. The molecule has 2 rings (SSSR count). The molecule has 0 atom stereocenters. The first-order chi connectivity index (χ1) is 10.1. The van der Waals surface area contributed by atoms with Crippen LogP contribution in [0.3, 0.4) is 0 Å². The molecule has 1 amide bonds. The quantitative estimate of drug-likeness (QED) is 0.801. The van der Waals surface area contributed by atoms with Crippen LogP contribution < -0.4 is 10.1 Å². The number of methoxy groups -OCH3 is 1. The summed E-state index contributed by atoms with van der Waals surface area (Å²) < 4.78 is 5.04. The van der Waals surface area contributed by atoms with Gasteiger partial charge < -0.3 is 15.0 Å². The summed E-state index contributed by atoms with van der Waals surface area (Å²) in [4.78, 5) is 19.1. The van der Waals surface area contributed by atoms with Gasteiger partial charge in [-0.2, -0.15) is 0 Å². The molecule has 0 aliphatic carbocycles. The number of hydrogen-bond donors (Lipinski definition) is 2. The van der Waals surface area contributed by atoms with Crippen molar-refractivity contribution in [1.29, 1.82) is 0 Å². The van der Waals surface area contributed by atoms with Crippen molar-refractivity contribution in [3.05, 3.63) is 46.0 Å². The van der Waals surface area contributed by atoms with Crippen molar-refractivity contribution in [2.75, 3.05) is 13.7 Å². The minimum Gasteiger partial charge on any atom is -0.494 e. The van der Waals surface area contributed by atoms with Gasteiger partial charge in [-0.1, -0.05) is 23.2 Å². The van der Waals surface area contributed by atoms with Crippen LogP contribution in [-0.2, 0) is 6.42 Å². The maximum Gasteiger partial charge on any atom is 0.251 e. The third kappa shape index (κ3) is 4.12. The van der Waals surface area contributed by atoms with Gasteiger partial charge in [0.1, 0.15) is 5.82 Å². The number of nitrogens with zero attached hydrogens (tertiary/aromatic N) is 1. The molecule has 5 nitrogen and oxygen atoms in total. The molecule has 7 heteroatoms. The van der Waals surface area contributed by atoms with Gasteiger partial charge in [-0.3, -0.25) is 4.79 Å². The first-order valence-corrected chi connectivity index (χ1v) is 7.17. The number of imidazole rings is 1. The van der Waals surface area contributed by atoms with Crippen LogP contribution in [0.15, 0.2) is 24.5 Å². The number of benzene rings is 1. The Morgan fingerprint density at radius 3 is 2.67 bits per heavy atom. The second-order valence-corrected chi connectivity index (χ2v) is 5.18. The molecule has 0 aliphatic heterocycles. The van der Waals surface area contributed by atoms with E-state index in [9.17, 15) is 4.79 Å². The Morgan fingerprint density at radius 1 is 1.38 bits per heavy atom. The smallest absolute Gasteiger partial charge is 0.251 e. The normalized spacial score (nSPS) is 10.4. The number of aryl methyl sites for hydroxylation is 1. The van der Waals surface area contributed by atoms with Crippen molar-refractivity contribution in [2.45, 2.75) is 12.8 Å². The van der Waals surface area contributed by atoms with E-state index < -0.39 is 0 Å². The Morgan fingerprint density at radius 2 is 2.10 bits per heavy atom. The molecule has 2 N–H and O–H groups in total. The Bertz CT molecular complexity index is 592. The number of amides is 1. The molecule has 0 saturated heterocycles. The third-order valence-electron chi connectivity index (χ3n) is 2.90. The first-order valence-electron chi connectivity index (χ1n) is 6.41. The molecule has 0 bridgehead atoms. The van der Waals surface area contributed by atoms with Crippen LogP contribution in [0.2, 0.25) is 10.0 Å². The molecule has 0 fully saturated rings. The number of aromatic nitrogens is 2. The molecule has 112 valence electrons. The average molecular weight is 328 g/mol. The predicted molar refractivity (Wildman–Crippen MR) is 82.3 cm³/mol. The highest BCUT2D eigenvalue weighted by Crippen LogP contribution is 2.33. The Kier molecular flexibility index (Phi) is 5.47. The highest BCUT2D eigenvalue weighted by Gasteiger charge is 2.13. The zero-order chi connectivity index (χ0) is 15.2. The lowest BCUT2D eigenvalue weighted by Gasteiger charge is -2.09. The van der Waals surface area contributed by atoms with E-state index >= 15 is 0 Å². The van der Waals surface area contributed by atoms with Gasteiger partial charge in [0.05, 0.1) is 17.2 Å². The monoisotopic (exact) mass is 327 g/mol.